The minimum Gasteiger partial charge on any atom is -0.316 e. The first kappa shape index (κ1) is 8.55. The van der Waals surface area contributed by atoms with E-state index in [4.69, 9.17) is 0 Å². The third-order valence-corrected chi connectivity index (χ3v) is 3.91. The van der Waals surface area contributed by atoms with E-state index in [0.29, 0.717) is 0 Å². The van der Waals surface area contributed by atoms with Crippen LogP contribution in [0.15, 0.2) is 0 Å². The van der Waals surface area contributed by atoms with E-state index in [2.05, 4.69) is 26.2 Å². The van der Waals surface area contributed by atoms with Gasteiger partial charge in [0.25, 0.3) is 0 Å². The van der Waals surface area contributed by atoms with Crippen molar-refractivity contribution in [1.29, 1.82) is 0 Å². The van der Waals surface area contributed by atoms with Gasteiger partial charge in [0.05, 0.1) is 0 Å². The molecule has 1 N–H and O–H groups in total. The predicted molar refractivity (Wildman–Crippen MR) is 52.0 cm³/mol. The normalized spacial score (nSPS) is 41.5. The molecule has 0 spiro atoms. The summed E-state index contributed by atoms with van der Waals surface area (Å²) in [6, 6.07) is 0.780. The SMILES string of the molecule is CNC(C(C)C)C1CCC2CC21. The molecule has 0 saturated heterocycles. The van der Waals surface area contributed by atoms with Crippen molar-refractivity contribution in [3.05, 3.63) is 0 Å². The van der Waals surface area contributed by atoms with Gasteiger partial charge < -0.3 is 5.32 Å². The van der Waals surface area contributed by atoms with E-state index in [9.17, 15) is 0 Å². The zero-order valence-electron chi connectivity index (χ0n) is 8.51. The fourth-order valence-corrected chi connectivity index (χ4v) is 3.24. The van der Waals surface area contributed by atoms with Crippen molar-refractivity contribution >= 4 is 0 Å². The number of fused-ring (bicyclic) bond motifs is 1. The summed E-state index contributed by atoms with van der Waals surface area (Å²) in [5.74, 6) is 4.04. The van der Waals surface area contributed by atoms with E-state index >= 15 is 0 Å². The minimum atomic E-state index is 0.780. The van der Waals surface area contributed by atoms with Crippen molar-refractivity contribution in [2.75, 3.05) is 7.05 Å². The summed E-state index contributed by atoms with van der Waals surface area (Å²) < 4.78 is 0. The molecule has 0 aliphatic heterocycles. The molecule has 2 fully saturated rings. The molecule has 1 heteroatoms. The molecule has 1 nitrogen and oxygen atoms in total. The van der Waals surface area contributed by atoms with Gasteiger partial charge in [-0.1, -0.05) is 13.8 Å². The Balaban J connectivity index is 1.96. The second kappa shape index (κ2) is 3.02. The van der Waals surface area contributed by atoms with Crippen molar-refractivity contribution in [3.8, 4) is 0 Å². The smallest absolute Gasteiger partial charge is 0.0118 e. The number of nitrogens with one attached hydrogen (secondary N) is 1. The van der Waals surface area contributed by atoms with Crippen molar-refractivity contribution < 1.29 is 0 Å². The van der Waals surface area contributed by atoms with Crippen LogP contribution in [0.2, 0.25) is 0 Å². The first-order valence-electron chi connectivity index (χ1n) is 5.41. The molecule has 0 bridgehead atoms. The van der Waals surface area contributed by atoms with Crippen LogP contribution >= 0.6 is 0 Å². The molecule has 4 unspecified atom stereocenters. The van der Waals surface area contributed by atoms with Crippen LogP contribution in [-0.4, -0.2) is 13.1 Å². The Labute approximate surface area is 75.9 Å². The second-order valence-electron chi connectivity index (χ2n) is 4.96. The van der Waals surface area contributed by atoms with Crippen molar-refractivity contribution in [2.45, 2.75) is 39.2 Å². The zero-order chi connectivity index (χ0) is 8.72. The maximum absolute atomic E-state index is 3.50. The summed E-state index contributed by atoms with van der Waals surface area (Å²) in [5, 5.41) is 3.50. The monoisotopic (exact) mass is 167 g/mol. The minimum absolute atomic E-state index is 0.780. The average Bonchev–Trinajstić information content (AvgIpc) is 2.69. The fourth-order valence-electron chi connectivity index (χ4n) is 3.24. The van der Waals surface area contributed by atoms with E-state index in [-0.39, 0.29) is 0 Å². The molecule has 2 saturated carbocycles. The molecule has 70 valence electrons. The largest absolute Gasteiger partial charge is 0.316 e. The lowest BCUT2D eigenvalue weighted by atomic mass is 9.87. The van der Waals surface area contributed by atoms with Gasteiger partial charge in [0.1, 0.15) is 0 Å². The summed E-state index contributed by atoms with van der Waals surface area (Å²) in [4.78, 5) is 0. The number of rotatable bonds is 3. The highest BCUT2D eigenvalue weighted by Gasteiger charge is 2.50. The molecule has 2 aliphatic rings. The van der Waals surface area contributed by atoms with Crippen LogP contribution in [0.5, 0.6) is 0 Å². The highest BCUT2D eigenvalue weighted by atomic mass is 14.9. The van der Waals surface area contributed by atoms with Gasteiger partial charge in [-0.3, -0.25) is 0 Å². The van der Waals surface area contributed by atoms with Crippen molar-refractivity contribution in [1.82, 2.24) is 5.32 Å². The number of hydrogen-bond donors (Lipinski definition) is 1. The lowest BCUT2D eigenvalue weighted by Gasteiger charge is -2.28. The van der Waals surface area contributed by atoms with Crippen LogP contribution in [0.1, 0.15) is 33.1 Å². The van der Waals surface area contributed by atoms with Gasteiger partial charge in [-0.25, -0.2) is 0 Å². The van der Waals surface area contributed by atoms with E-state index in [1.165, 1.54) is 19.3 Å². The lowest BCUT2D eigenvalue weighted by molar-refractivity contribution is 0.276. The summed E-state index contributed by atoms with van der Waals surface area (Å²) in [7, 11) is 2.13. The fraction of sp³-hybridized carbons (Fsp3) is 1.00. The molecule has 0 aromatic heterocycles. The van der Waals surface area contributed by atoms with Gasteiger partial charge in [0.2, 0.25) is 0 Å². The molecule has 4 atom stereocenters. The Morgan fingerprint density at radius 1 is 1.25 bits per heavy atom. The maximum Gasteiger partial charge on any atom is 0.0118 e. The first-order chi connectivity index (χ1) is 5.74. The predicted octanol–water partition coefficient (Wildman–Crippen LogP) is 2.28. The third kappa shape index (κ3) is 1.28. The molecule has 12 heavy (non-hydrogen) atoms. The molecule has 0 aromatic carbocycles. The Morgan fingerprint density at radius 3 is 2.33 bits per heavy atom. The summed E-state index contributed by atoms with van der Waals surface area (Å²) in [6.45, 7) is 4.69. The molecular formula is C11H21N. The highest BCUT2D eigenvalue weighted by molar-refractivity contribution is 5.01. The third-order valence-electron chi connectivity index (χ3n) is 3.91. The van der Waals surface area contributed by atoms with E-state index in [0.717, 1.165) is 29.7 Å². The Kier molecular flexibility index (Phi) is 2.16. The van der Waals surface area contributed by atoms with E-state index in [1.54, 1.807) is 0 Å². The first-order valence-corrected chi connectivity index (χ1v) is 5.41. The summed E-state index contributed by atoms with van der Waals surface area (Å²) in [5.41, 5.74) is 0. The number of hydrogen-bond acceptors (Lipinski definition) is 1. The maximum atomic E-state index is 3.50. The molecule has 0 heterocycles. The van der Waals surface area contributed by atoms with E-state index < -0.39 is 0 Å². The Bertz CT molecular complexity index is 164. The van der Waals surface area contributed by atoms with Gasteiger partial charge in [0.15, 0.2) is 0 Å². The van der Waals surface area contributed by atoms with Crippen LogP contribution in [0.25, 0.3) is 0 Å². The van der Waals surface area contributed by atoms with E-state index in [1.807, 2.05) is 0 Å². The zero-order valence-corrected chi connectivity index (χ0v) is 8.51. The molecule has 2 aliphatic carbocycles. The average molecular weight is 167 g/mol. The molecular weight excluding hydrogens is 146 g/mol. The van der Waals surface area contributed by atoms with Crippen LogP contribution in [0.4, 0.5) is 0 Å². The second-order valence-corrected chi connectivity index (χ2v) is 4.96. The molecule has 0 aromatic rings. The van der Waals surface area contributed by atoms with Gasteiger partial charge in [0, 0.05) is 6.04 Å². The van der Waals surface area contributed by atoms with Crippen LogP contribution in [-0.2, 0) is 0 Å². The molecule has 0 amide bonds. The quantitative estimate of drug-likeness (QED) is 0.680. The molecule has 0 radical (unpaired) electrons. The van der Waals surface area contributed by atoms with Gasteiger partial charge >= 0.3 is 0 Å². The highest BCUT2D eigenvalue weighted by Crippen LogP contribution is 2.56. The lowest BCUT2D eigenvalue weighted by Crippen LogP contribution is -2.38. The van der Waals surface area contributed by atoms with Crippen LogP contribution < -0.4 is 5.32 Å². The topological polar surface area (TPSA) is 12.0 Å². The van der Waals surface area contributed by atoms with Gasteiger partial charge in [-0.05, 0) is 50.0 Å². The van der Waals surface area contributed by atoms with Crippen molar-refractivity contribution in [2.24, 2.45) is 23.7 Å². The van der Waals surface area contributed by atoms with Crippen LogP contribution in [0, 0.1) is 23.7 Å². The van der Waals surface area contributed by atoms with Gasteiger partial charge in [-0.2, -0.15) is 0 Å². The molecule has 2 rings (SSSR count). The van der Waals surface area contributed by atoms with Crippen molar-refractivity contribution in [3.63, 3.8) is 0 Å². The Morgan fingerprint density at radius 2 is 2.00 bits per heavy atom. The standard InChI is InChI=1S/C11H21N/c1-7(2)11(12-3)9-5-4-8-6-10(8)9/h7-12H,4-6H2,1-3H3. The summed E-state index contributed by atoms with van der Waals surface area (Å²) in [6.07, 6.45) is 4.54. The summed E-state index contributed by atoms with van der Waals surface area (Å²) >= 11 is 0. The van der Waals surface area contributed by atoms with Gasteiger partial charge in [-0.15, -0.1) is 0 Å². The van der Waals surface area contributed by atoms with Crippen LogP contribution in [0.3, 0.4) is 0 Å². The Hall–Kier alpha value is -0.0400.